The highest BCUT2D eigenvalue weighted by Crippen LogP contribution is 1.94. The molecular formula is C6H11FO3. The summed E-state index contributed by atoms with van der Waals surface area (Å²) >= 11 is 0. The molecule has 0 rings (SSSR count). The highest BCUT2D eigenvalue weighted by Gasteiger charge is 1.89. The summed E-state index contributed by atoms with van der Waals surface area (Å²) in [5.41, 5.74) is 0. The lowest BCUT2D eigenvalue weighted by Gasteiger charge is -1.89. The van der Waals surface area contributed by atoms with Crippen molar-refractivity contribution in [2.24, 2.45) is 0 Å². The third-order valence-corrected chi connectivity index (χ3v) is 0.646. The van der Waals surface area contributed by atoms with Gasteiger partial charge in [-0.25, -0.2) is 9.18 Å². The SMILES string of the molecule is C=CC(F)CC.O=C(O)O. The number of alkyl halides is 1. The summed E-state index contributed by atoms with van der Waals surface area (Å²) in [4.78, 5) is 8.56. The number of hydrogen-bond acceptors (Lipinski definition) is 1. The van der Waals surface area contributed by atoms with Gasteiger partial charge in [0.05, 0.1) is 0 Å². The second-order valence-corrected chi connectivity index (χ2v) is 1.44. The number of halogens is 1. The smallest absolute Gasteiger partial charge is 0.450 e. The maximum absolute atomic E-state index is 11.7. The Kier molecular flexibility index (Phi) is 9.29. The lowest BCUT2D eigenvalue weighted by atomic mass is 10.3. The molecule has 0 spiro atoms. The van der Waals surface area contributed by atoms with E-state index in [-0.39, 0.29) is 0 Å². The molecule has 0 heterocycles. The lowest BCUT2D eigenvalue weighted by molar-refractivity contribution is 0.137. The molecule has 4 heteroatoms. The number of hydrogen-bond donors (Lipinski definition) is 2. The van der Waals surface area contributed by atoms with E-state index in [4.69, 9.17) is 15.0 Å². The highest BCUT2D eigenvalue weighted by molar-refractivity contribution is 5.53. The van der Waals surface area contributed by atoms with Crippen molar-refractivity contribution in [3.63, 3.8) is 0 Å². The van der Waals surface area contributed by atoms with Crippen LogP contribution in [0, 0.1) is 0 Å². The zero-order valence-electron chi connectivity index (χ0n) is 5.75. The first-order valence-corrected chi connectivity index (χ1v) is 2.73. The Labute approximate surface area is 58.8 Å². The van der Waals surface area contributed by atoms with Crippen LogP contribution in [0.2, 0.25) is 0 Å². The Bertz CT molecular complexity index is 99.2. The maximum atomic E-state index is 11.7. The second kappa shape index (κ2) is 7.94. The van der Waals surface area contributed by atoms with Crippen LogP contribution in [0.5, 0.6) is 0 Å². The number of allylic oxidation sites excluding steroid dienone is 1. The summed E-state index contributed by atoms with van der Waals surface area (Å²) in [5, 5.41) is 13.9. The van der Waals surface area contributed by atoms with Crippen LogP contribution < -0.4 is 0 Å². The van der Waals surface area contributed by atoms with Crippen LogP contribution in [-0.2, 0) is 0 Å². The minimum absolute atomic E-state index is 0.545. The molecule has 0 aromatic carbocycles. The molecule has 1 unspecified atom stereocenters. The molecule has 2 N–H and O–H groups in total. The quantitative estimate of drug-likeness (QED) is 0.593. The van der Waals surface area contributed by atoms with E-state index in [0.717, 1.165) is 0 Å². The van der Waals surface area contributed by atoms with E-state index in [1.165, 1.54) is 6.08 Å². The Morgan fingerprint density at radius 2 is 2.10 bits per heavy atom. The fourth-order valence-corrected chi connectivity index (χ4v) is 0.167. The zero-order valence-corrected chi connectivity index (χ0v) is 5.75. The fraction of sp³-hybridized carbons (Fsp3) is 0.500. The average Bonchev–Trinajstić information content (AvgIpc) is 1.85. The molecule has 0 saturated heterocycles. The molecule has 0 aromatic rings. The van der Waals surface area contributed by atoms with Gasteiger partial charge in [-0.3, -0.25) is 0 Å². The number of carboxylic acid groups (broad SMARTS) is 2. The lowest BCUT2D eigenvalue weighted by Crippen LogP contribution is -1.87. The van der Waals surface area contributed by atoms with Crippen molar-refractivity contribution >= 4 is 6.16 Å². The summed E-state index contributed by atoms with van der Waals surface area (Å²) < 4.78 is 11.7. The van der Waals surface area contributed by atoms with Crippen LogP contribution in [-0.4, -0.2) is 22.5 Å². The van der Waals surface area contributed by atoms with Crippen LogP contribution in [0.25, 0.3) is 0 Å². The number of carbonyl (C=O) groups is 1. The molecule has 10 heavy (non-hydrogen) atoms. The topological polar surface area (TPSA) is 57.5 Å². The first-order chi connectivity index (χ1) is 4.54. The monoisotopic (exact) mass is 150 g/mol. The van der Waals surface area contributed by atoms with Crippen LogP contribution in [0.15, 0.2) is 12.7 Å². The van der Waals surface area contributed by atoms with Crippen LogP contribution in [0.3, 0.4) is 0 Å². The van der Waals surface area contributed by atoms with Crippen molar-refractivity contribution in [2.75, 3.05) is 0 Å². The molecule has 0 aliphatic rings. The van der Waals surface area contributed by atoms with Gasteiger partial charge in [0, 0.05) is 0 Å². The van der Waals surface area contributed by atoms with E-state index in [1.807, 2.05) is 0 Å². The average molecular weight is 150 g/mol. The van der Waals surface area contributed by atoms with Crippen molar-refractivity contribution in [1.82, 2.24) is 0 Å². The van der Waals surface area contributed by atoms with Crippen molar-refractivity contribution in [2.45, 2.75) is 19.5 Å². The van der Waals surface area contributed by atoms with Gasteiger partial charge in [0.15, 0.2) is 0 Å². The minimum atomic E-state index is -1.83. The van der Waals surface area contributed by atoms with Gasteiger partial charge in [0.2, 0.25) is 0 Å². The van der Waals surface area contributed by atoms with E-state index in [0.29, 0.717) is 6.42 Å². The summed E-state index contributed by atoms with van der Waals surface area (Å²) in [6.45, 7) is 5.04. The standard InChI is InChI=1S/C5H9F.CH2O3/c1-3-5(6)4-2;2-1(3)4/h3,5H,1,4H2,2H3;(H2,2,3,4). The first kappa shape index (κ1) is 11.7. The Morgan fingerprint density at radius 1 is 1.80 bits per heavy atom. The highest BCUT2D eigenvalue weighted by atomic mass is 19.1. The molecule has 0 aliphatic carbocycles. The van der Waals surface area contributed by atoms with Crippen LogP contribution in [0.1, 0.15) is 13.3 Å². The van der Waals surface area contributed by atoms with Crippen LogP contribution >= 0.6 is 0 Å². The van der Waals surface area contributed by atoms with E-state index in [9.17, 15) is 4.39 Å². The van der Waals surface area contributed by atoms with Gasteiger partial charge < -0.3 is 10.2 Å². The molecule has 0 bridgehead atoms. The predicted octanol–water partition coefficient (Wildman–Crippen LogP) is 2.14. The molecule has 0 radical (unpaired) electrons. The van der Waals surface area contributed by atoms with Gasteiger partial charge in [-0.15, -0.1) is 6.58 Å². The van der Waals surface area contributed by atoms with Gasteiger partial charge in [-0.1, -0.05) is 13.0 Å². The minimum Gasteiger partial charge on any atom is -0.450 e. The molecule has 0 fully saturated rings. The molecule has 0 amide bonds. The summed E-state index contributed by atoms with van der Waals surface area (Å²) in [6.07, 6.45) is -0.784. The van der Waals surface area contributed by atoms with Gasteiger partial charge >= 0.3 is 6.16 Å². The maximum Gasteiger partial charge on any atom is 0.503 e. The van der Waals surface area contributed by atoms with Gasteiger partial charge in [-0.2, -0.15) is 0 Å². The van der Waals surface area contributed by atoms with Crippen LogP contribution in [0.4, 0.5) is 9.18 Å². The van der Waals surface area contributed by atoms with Crippen molar-refractivity contribution in [1.29, 1.82) is 0 Å². The first-order valence-electron chi connectivity index (χ1n) is 2.73. The van der Waals surface area contributed by atoms with Gasteiger partial charge in [0.25, 0.3) is 0 Å². The molecule has 1 atom stereocenters. The summed E-state index contributed by atoms with van der Waals surface area (Å²) in [6, 6.07) is 0. The van der Waals surface area contributed by atoms with Gasteiger partial charge in [-0.05, 0) is 6.42 Å². The number of rotatable bonds is 2. The third-order valence-electron chi connectivity index (χ3n) is 0.646. The largest absolute Gasteiger partial charge is 0.503 e. The van der Waals surface area contributed by atoms with Crippen molar-refractivity contribution < 1.29 is 19.4 Å². The third kappa shape index (κ3) is 28.3. The predicted molar refractivity (Wildman–Crippen MR) is 36.0 cm³/mol. The van der Waals surface area contributed by atoms with Crippen molar-refractivity contribution in [3.05, 3.63) is 12.7 Å². The van der Waals surface area contributed by atoms with Gasteiger partial charge in [0.1, 0.15) is 6.17 Å². The Morgan fingerprint density at radius 3 is 2.10 bits per heavy atom. The normalized spacial score (nSPS) is 10.6. The summed E-state index contributed by atoms with van der Waals surface area (Å²) in [5.74, 6) is 0. The molecule has 0 saturated carbocycles. The van der Waals surface area contributed by atoms with E-state index in [1.54, 1.807) is 6.92 Å². The Balaban J connectivity index is 0. The summed E-state index contributed by atoms with van der Waals surface area (Å²) in [7, 11) is 0. The molecule has 60 valence electrons. The fourth-order valence-electron chi connectivity index (χ4n) is 0.167. The van der Waals surface area contributed by atoms with E-state index >= 15 is 0 Å². The molecule has 3 nitrogen and oxygen atoms in total. The molecule has 0 aliphatic heterocycles. The van der Waals surface area contributed by atoms with E-state index < -0.39 is 12.3 Å². The van der Waals surface area contributed by atoms with E-state index in [2.05, 4.69) is 6.58 Å². The van der Waals surface area contributed by atoms with Crippen molar-refractivity contribution in [3.8, 4) is 0 Å². The Hall–Kier alpha value is -1.06. The molecular weight excluding hydrogens is 139 g/mol. The second-order valence-electron chi connectivity index (χ2n) is 1.44. The molecule has 0 aromatic heterocycles. The zero-order chi connectivity index (χ0) is 8.57.